The fourth-order valence-electron chi connectivity index (χ4n) is 4.84. The zero-order valence-corrected chi connectivity index (χ0v) is 25.8. The Labute approximate surface area is 255 Å². The standard InChI is InChI=1S/C25H30N4.C12H11NO/c1-18-8-6-7-9-24(18)19(2)14-25(29-21(4)20(3)15-28-29)27-17-23-12-10-22(11-13-23)16-26-5;1-9-7-13-12(11(9)8-14)10-5-3-2-4-6-10/h6-15,26-27H,2,16-17H2,1,3-5H3;2-6,8H,7H2,1H3/b25-14-;. The maximum absolute atomic E-state index is 10.9. The lowest BCUT2D eigenvalue weighted by Crippen LogP contribution is -2.19. The second-order valence-electron chi connectivity index (χ2n) is 10.7. The molecule has 1 aromatic heterocycles. The van der Waals surface area contributed by atoms with Crippen molar-refractivity contribution in [2.45, 2.75) is 40.8 Å². The van der Waals surface area contributed by atoms with Gasteiger partial charge in [-0.2, -0.15) is 5.10 Å². The number of hydrogen-bond acceptors (Lipinski definition) is 5. The highest BCUT2D eigenvalue weighted by Gasteiger charge is 2.17. The minimum Gasteiger partial charge on any atom is -0.366 e. The van der Waals surface area contributed by atoms with Gasteiger partial charge in [-0.15, -0.1) is 0 Å². The maximum atomic E-state index is 10.9. The smallest absolute Gasteiger partial charge is 0.152 e. The molecule has 43 heavy (non-hydrogen) atoms. The molecule has 2 heterocycles. The van der Waals surface area contributed by atoms with Gasteiger partial charge >= 0.3 is 0 Å². The number of hydrogen-bond donors (Lipinski definition) is 2. The van der Waals surface area contributed by atoms with Gasteiger partial charge in [0, 0.05) is 29.9 Å². The van der Waals surface area contributed by atoms with E-state index in [1.807, 2.05) is 67.3 Å². The number of aromatic nitrogens is 2. The zero-order valence-electron chi connectivity index (χ0n) is 25.8. The molecule has 0 saturated heterocycles. The van der Waals surface area contributed by atoms with Gasteiger partial charge in [0.1, 0.15) is 5.82 Å². The summed E-state index contributed by atoms with van der Waals surface area (Å²) >= 11 is 0. The first kappa shape index (κ1) is 31.1. The van der Waals surface area contributed by atoms with Crippen molar-refractivity contribution in [2.24, 2.45) is 4.99 Å². The van der Waals surface area contributed by atoms with Gasteiger partial charge < -0.3 is 10.6 Å². The molecule has 0 radical (unpaired) electrons. The lowest BCUT2D eigenvalue weighted by Gasteiger charge is -2.15. The van der Waals surface area contributed by atoms with Crippen LogP contribution < -0.4 is 10.6 Å². The number of carbonyl (C=O) groups is 1. The van der Waals surface area contributed by atoms with Crippen molar-refractivity contribution >= 4 is 23.4 Å². The third kappa shape index (κ3) is 7.93. The van der Waals surface area contributed by atoms with E-state index in [-0.39, 0.29) is 0 Å². The molecule has 3 aromatic carbocycles. The van der Waals surface area contributed by atoms with Gasteiger partial charge in [-0.1, -0.05) is 85.4 Å². The fraction of sp³-hybridized carbons (Fsp3) is 0.216. The average molecular weight is 572 g/mol. The van der Waals surface area contributed by atoms with E-state index in [4.69, 9.17) is 0 Å². The van der Waals surface area contributed by atoms with Crippen LogP contribution in [0.4, 0.5) is 0 Å². The Morgan fingerprint density at radius 1 is 0.884 bits per heavy atom. The molecule has 4 aromatic rings. The third-order valence-electron chi connectivity index (χ3n) is 7.52. The summed E-state index contributed by atoms with van der Waals surface area (Å²) in [6.07, 6.45) is 4.87. The molecule has 220 valence electrons. The quantitative estimate of drug-likeness (QED) is 0.162. The zero-order chi connectivity index (χ0) is 30.8. The van der Waals surface area contributed by atoms with Gasteiger partial charge in [0.15, 0.2) is 6.29 Å². The van der Waals surface area contributed by atoms with Crippen molar-refractivity contribution in [1.29, 1.82) is 0 Å². The molecule has 0 aliphatic carbocycles. The van der Waals surface area contributed by atoms with Gasteiger partial charge in [0.05, 0.1) is 18.5 Å². The molecule has 5 rings (SSSR count). The molecule has 6 heteroatoms. The minimum absolute atomic E-state index is 0.651. The molecule has 0 saturated carbocycles. The summed E-state index contributed by atoms with van der Waals surface area (Å²) in [5, 5.41) is 11.3. The predicted molar refractivity (Wildman–Crippen MR) is 179 cm³/mol. The Morgan fingerprint density at radius 2 is 1.53 bits per heavy atom. The summed E-state index contributed by atoms with van der Waals surface area (Å²) in [6.45, 7) is 14.8. The van der Waals surface area contributed by atoms with E-state index in [2.05, 4.69) is 90.5 Å². The van der Waals surface area contributed by atoms with Crippen LogP contribution in [0.25, 0.3) is 11.4 Å². The Bertz CT molecular complexity index is 1660. The number of rotatable bonds is 10. The monoisotopic (exact) mass is 571 g/mol. The van der Waals surface area contributed by atoms with Crippen LogP contribution >= 0.6 is 0 Å². The van der Waals surface area contributed by atoms with Crippen LogP contribution in [-0.4, -0.2) is 35.4 Å². The summed E-state index contributed by atoms with van der Waals surface area (Å²) < 4.78 is 1.95. The molecule has 0 spiro atoms. The maximum Gasteiger partial charge on any atom is 0.152 e. The number of benzene rings is 3. The molecule has 0 atom stereocenters. The highest BCUT2D eigenvalue weighted by atomic mass is 16.1. The fourth-order valence-corrected chi connectivity index (χ4v) is 4.84. The van der Waals surface area contributed by atoms with E-state index in [0.717, 1.165) is 63.5 Å². The van der Waals surface area contributed by atoms with E-state index >= 15 is 0 Å². The molecular weight excluding hydrogens is 530 g/mol. The van der Waals surface area contributed by atoms with Gasteiger partial charge in [-0.3, -0.25) is 9.79 Å². The largest absolute Gasteiger partial charge is 0.366 e. The number of aliphatic imine (C=N–C) groups is 1. The van der Waals surface area contributed by atoms with E-state index in [0.29, 0.717) is 13.1 Å². The van der Waals surface area contributed by atoms with Crippen molar-refractivity contribution < 1.29 is 4.79 Å². The van der Waals surface area contributed by atoms with Gasteiger partial charge in [-0.25, -0.2) is 4.68 Å². The van der Waals surface area contributed by atoms with E-state index in [1.54, 1.807) is 0 Å². The van der Waals surface area contributed by atoms with E-state index in [1.165, 1.54) is 16.7 Å². The first-order valence-corrected chi connectivity index (χ1v) is 14.5. The highest BCUT2D eigenvalue weighted by molar-refractivity contribution is 6.24. The summed E-state index contributed by atoms with van der Waals surface area (Å²) in [5.41, 5.74) is 11.7. The molecule has 2 N–H and O–H groups in total. The Morgan fingerprint density at radius 3 is 2.14 bits per heavy atom. The number of aldehydes is 1. The van der Waals surface area contributed by atoms with E-state index in [9.17, 15) is 4.79 Å². The third-order valence-corrected chi connectivity index (χ3v) is 7.52. The van der Waals surface area contributed by atoms with Crippen LogP contribution in [0.2, 0.25) is 0 Å². The van der Waals surface area contributed by atoms with Gasteiger partial charge in [0.25, 0.3) is 0 Å². The van der Waals surface area contributed by atoms with Crippen LogP contribution in [0.3, 0.4) is 0 Å². The molecule has 1 aliphatic heterocycles. The summed E-state index contributed by atoms with van der Waals surface area (Å²) in [7, 11) is 1.96. The van der Waals surface area contributed by atoms with E-state index < -0.39 is 0 Å². The van der Waals surface area contributed by atoms with Crippen LogP contribution in [0.5, 0.6) is 0 Å². The Hall–Kier alpha value is -4.81. The normalized spacial score (nSPS) is 12.9. The van der Waals surface area contributed by atoms with Crippen molar-refractivity contribution in [1.82, 2.24) is 20.4 Å². The first-order valence-electron chi connectivity index (χ1n) is 14.5. The topological polar surface area (TPSA) is 71.3 Å². The number of aryl methyl sites for hydroxylation is 2. The van der Waals surface area contributed by atoms with Crippen LogP contribution in [0.1, 0.15) is 46.0 Å². The predicted octanol–water partition coefficient (Wildman–Crippen LogP) is 6.83. The lowest BCUT2D eigenvalue weighted by molar-refractivity contribution is -0.104. The molecule has 6 nitrogen and oxygen atoms in total. The molecule has 0 fully saturated rings. The Kier molecular flexibility index (Phi) is 10.8. The average Bonchev–Trinajstić information content (AvgIpc) is 3.57. The van der Waals surface area contributed by atoms with Gasteiger partial charge in [-0.05, 0) is 79.8 Å². The second kappa shape index (κ2) is 14.9. The molecule has 0 amide bonds. The van der Waals surface area contributed by atoms with Crippen molar-refractivity contribution in [3.63, 3.8) is 0 Å². The lowest BCUT2D eigenvalue weighted by atomic mass is 10.0. The van der Waals surface area contributed by atoms with Gasteiger partial charge in [0.2, 0.25) is 0 Å². The SMILES string of the molecule is C=C(/C=C(/NCc1ccc(CNC)cc1)n1ncc(C)c1C)c1ccccc1C.CC1=C(C=O)C(c2ccccc2)=NC1. The van der Waals surface area contributed by atoms with Crippen LogP contribution in [0.15, 0.2) is 114 Å². The van der Waals surface area contributed by atoms with Crippen LogP contribution in [0, 0.1) is 20.8 Å². The van der Waals surface area contributed by atoms with Crippen LogP contribution in [-0.2, 0) is 17.9 Å². The van der Waals surface area contributed by atoms with Crippen molar-refractivity contribution in [3.8, 4) is 0 Å². The molecular formula is C37H41N5O. The minimum atomic E-state index is 0.651. The summed E-state index contributed by atoms with van der Waals surface area (Å²) in [4.78, 5) is 15.2. The molecule has 0 unspecified atom stereocenters. The summed E-state index contributed by atoms with van der Waals surface area (Å²) in [6, 6.07) is 26.8. The molecule has 0 bridgehead atoms. The number of carbonyl (C=O) groups excluding carboxylic acids is 1. The Balaban J connectivity index is 0.000000251. The summed E-state index contributed by atoms with van der Waals surface area (Å²) in [5.74, 6) is 0.920. The number of nitrogens with one attached hydrogen (secondary N) is 2. The first-order chi connectivity index (χ1) is 20.8. The van der Waals surface area contributed by atoms with Crippen molar-refractivity contribution in [3.05, 3.63) is 148 Å². The molecule has 1 aliphatic rings. The second-order valence-corrected chi connectivity index (χ2v) is 10.7. The van der Waals surface area contributed by atoms with Crippen molar-refractivity contribution in [2.75, 3.05) is 13.6 Å². The number of allylic oxidation sites excluding steroid dienone is 3. The highest BCUT2D eigenvalue weighted by Crippen LogP contribution is 2.22. The number of nitrogens with zero attached hydrogens (tertiary/aromatic N) is 3.